The van der Waals surface area contributed by atoms with Crippen molar-refractivity contribution in [2.75, 3.05) is 18.0 Å². The molecule has 0 aromatic heterocycles. The second-order valence-electron chi connectivity index (χ2n) is 4.15. The van der Waals surface area contributed by atoms with Crippen molar-refractivity contribution in [2.24, 2.45) is 0 Å². The Morgan fingerprint density at radius 3 is 2.59 bits per heavy atom. The van der Waals surface area contributed by atoms with Crippen LogP contribution < -0.4 is 4.90 Å². The Hall–Kier alpha value is -1.48. The van der Waals surface area contributed by atoms with Gasteiger partial charge in [0.05, 0.1) is 16.6 Å². The molecule has 1 atom stereocenters. The van der Waals surface area contributed by atoms with E-state index in [4.69, 9.17) is 16.7 Å². The van der Waals surface area contributed by atoms with Gasteiger partial charge in [-0.15, -0.1) is 0 Å². The molecule has 2 rings (SSSR count). The molecule has 0 unspecified atom stereocenters. The number of hydrogen-bond donors (Lipinski definition) is 1. The lowest BCUT2D eigenvalue weighted by atomic mass is 10.0. The number of benzene rings is 1. The number of nitrogens with zero attached hydrogens (tertiary/aromatic N) is 1. The molecule has 0 saturated carbocycles. The molecule has 1 N–H and O–H groups in total. The van der Waals surface area contributed by atoms with Crippen LogP contribution in [0.25, 0.3) is 0 Å². The number of halogens is 1. The molecule has 0 radical (unpaired) electrons. The van der Waals surface area contributed by atoms with Gasteiger partial charge < -0.3 is 10.0 Å². The molecule has 1 aromatic rings. The standard InChI is InChI=1S/C13H14ClNO2/c1-9(13(16)17)10-4-5-12(11(14)8-10)15-6-2-3-7-15/h2-5,8-9H,6-7H2,1H3,(H,16,17)/t9-/m0/s1. The Balaban J connectivity index is 2.25. The largest absolute Gasteiger partial charge is 0.481 e. The Bertz CT molecular complexity index is 462. The maximum Gasteiger partial charge on any atom is 0.310 e. The molecule has 1 aliphatic rings. The molecule has 0 saturated heterocycles. The molecule has 1 aliphatic heterocycles. The first kappa shape index (κ1) is 12.0. The molecule has 4 heteroatoms. The van der Waals surface area contributed by atoms with E-state index in [-0.39, 0.29) is 0 Å². The van der Waals surface area contributed by atoms with Gasteiger partial charge >= 0.3 is 5.97 Å². The van der Waals surface area contributed by atoms with Crippen molar-refractivity contribution in [3.05, 3.63) is 40.9 Å². The first-order valence-electron chi connectivity index (χ1n) is 5.52. The van der Waals surface area contributed by atoms with Gasteiger partial charge in [-0.3, -0.25) is 4.79 Å². The molecule has 0 spiro atoms. The van der Waals surface area contributed by atoms with Gasteiger partial charge in [-0.05, 0) is 24.6 Å². The van der Waals surface area contributed by atoms with Gasteiger partial charge in [-0.2, -0.15) is 0 Å². The number of carboxylic acids is 1. The van der Waals surface area contributed by atoms with Crippen molar-refractivity contribution >= 4 is 23.3 Å². The SMILES string of the molecule is C[C@H](C(=O)O)c1ccc(N2CC=CC2)c(Cl)c1. The van der Waals surface area contributed by atoms with E-state index in [2.05, 4.69) is 17.1 Å². The highest BCUT2D eigenvalue weighted by molar-refractivity contribution is 6.33. The normalized spacial score (nSPS) is 16.2. The maximum atomic E-state index is 10.9. The van der Waals surface area contributed by atoms with Crippen LogP contribution >= 0.6 is 11.6 Å². The fourth-order valence-corrected chi connectivity index (χ4v) is 2.17. The Labute approximate surface area is 105 Å². The van der Waals surface area contributed by atoms with E-state index in [0.717, 1.165) is 24.3 Å². The highest BCUT2D eigenvalue weighted by atomic mass is 35.5. The van der Waals surface area contributed by atoms with Gasteiger partial charge in [0, 0.05) is 13.1 Å². The van der Waals surface area contributed by atoms with Gasteiger partial charge in [0.1, 0.15) is 0 Å². The van der Waals surface area contributed by atoms with Crippen LogP contribution in [-0.2, 0) is 4.79 Å². The van der Waals surface area contributed by atoms with Crippen molar-refractivity contribution in [2.45, 2.75) is 12.8 Å². The Morgan fingerprint density at radius 2 is 2.06 bits per heavy atom. The average molecular weight is 252 g/mol. The summed E-state index contributed by atoms with van der Waals surface area (Å²) in [5, 5.41) is 9.55. The first-order valence-corrected chi connectivity index (χ1v) is 5.89. The summed E-state index contributed by atoms with van der Waals surface area (Å²) in [4.78, 5) is 13.0. The molecule has 3 nitrogen and oxygen atoms in total. The summed E-state index contributed by atoms with van der Waals surface area (Å²) >= 11 is 6.20. The quantitative estimate of drug-likeness (QED) is 0.840. The predicted octanol–water partition coefficient (Wildman–Crippen LogP) is 2.90. The van der Waals surface area contributed by atoms with Crippen LogP contribution in [0, 0.1) is 0 Å². The summed E-state index contributed by atoms with van der Waals surface area (Å²) in [6.07, 6.45) is 4.17. The third kappa shape index (κ3) is 2.44. The summed E-state index contributed by atoms with van der Waals surface area (Å²) in [5.74, 6) is -1.37. The smallest absolute Gasteiger partial charge is 0.310 e. The van der Waals surface area contributed by atoms with Gasteiger partial charge in [0.2, 0.25) is 0 Å². The minimum absolute atomic E-state index is 0.529. The fraction of sp³-hybridized carbons (Fsp3) is 0.308. The van der Waals surface area contributed by atoms with Crippen LogP contribution in [0.4, 0.5) is 5.69 Å². The van der Waals surface area contributed by atoms with E-state index >= 15 is 0 Å². The van der Waals surface area contributed by atoms with Gasteiger partial charge in [-0.1, -0.05) is 29.8 Å². The van der Waals surface area contributed by atoms with Crippen LogP contribution in [-0.4, -0.2) is 24.2 Å². The lowest BCUT2D eigenvalue weighted by molar-refractivity contribution is -0.138. The fourth-order valence-electron chi connectivity index (χ4n) is 1.87. The van der Waals surface area contributed by atoms with Crippen molar-refractivity contribution < 1.29 is 9.90 Å². The van der Waals surface area contributed by atoms with Crippen LogP contribution in [0.2, 0.25) is 5.02 Å². The zero-order valence-electron chi connectivity index (χ0n) is 9.56. The molecule has 0 bridgehead atoms. The molecule has 90 valence electrons. The summed E-state index contributed by atoms with van der Waals surface area (Å²) in [5.41, 5.74) is 1.69. The lowest BCUT2D eigenvalue weighted by Crippen LogP contribution is -2.19. The summed E-state index contributed by atoms with van der Waals surface area (Å²) in [6.45, 7) is 3.37. The van der Waals surface area contributed by atoms with Gasteiger partial charge in [-0.25, -0.2) is 0 Å². The second kappa shape index (κ2) is 4.80. The summed E-state index contributed by atoms with van der Waals surface area (Å²) < 4.78 is 0. The minimum Gasteiger partial charge on any atom is -0.481 e. The summed E-state index contributed by atoms with van der Waals surface area (Å²) in [6, 6.07) is 5.47. The zero-order valence-corrected chi connectivity index (χ0v) is 10.3. The third-order valence-corrected chi connectivity index (χ3v) is 3.30. The van der Waals surface area contributed by atoms with E-state index in [9.17, 15) is 4.79 Å². The van der Waals surface area contributed by atoms with Crippen LogP contribution in [0.5, 0.6) is 0 Å². The highest BCUT2D eigenvalue weighted by Crippen LogP contribution is 2.30. The summed E-state index contributed by atoms with van der Waals surface area (Å²) in [7, 11) is 0. The molecular formula is C13H14ClNO2. The number of rotatable bonds is 3. The van der Waals surface area contributed by atoms with Crippen LogP contribution in [0.15, 0.2) is 30.4 Å². The topological polar surface area (TPSA) is 40.5 Å². The maximum absolute atomic E-state index is 10.9. The van der Waals surface area contributed by atoms with Crippen molar-refractivity contribution in [3.8, 4) is 0 Å². The number of aliphatic carboxylic acids is 1. The average Bonchev–Trinajstić information content (AvgIpc) is 2.81. The van der Waals surface area contributed by atoms with Crippen molar-refractivity contribution in [1.82, 2.24) is 0 Å². The second-order valence-corrected chi connectivity index (χ2v) is 4.55. The van der Waals surface area contributed by atoms with Crippen molar-refractivity contribution in [1.29, 1.82) is 0 Å². The first-order chi connectivity index (χ1) is 8.09. The monoisotopic (exact) mass is 251 g/mol. The Kier molecular flexibility index (Phi) is 3.38. The Morgan fingerprint density at radius 1 is 1.41 bits per heavy atom. The highest BCUT2D eigenvalue weighted by Gasteiger charge is 2.17. The number of carbonyl (C=O) groups is 1. The predicted molar refractivity (Wildman–Crippen MR) is 68.9 cm³/mol. The zero-order chi connectivity index (χ0) is 12.4. The van der Waals surface area contributed by atoms with Crippen molar-refractivity contribution in [3.63, 3.8) is 0 Å². The van der Waals surface area contributed by atoms with E-state index in [1.165, 1.54) is 0 Å². The van der Waals surface area contributed by atoms with Crippen LogP contribution in [0.3, 0.4) is 0 Å². The molecule has 0 fully saturated rings. The molecule has 17 heavy (non-hydrogen) atoms. The van der Waals surface area contributed by atoms with Crippen LogP contribution in [0.1, 0.15) is 18.4 Å². The van der Waals surface area contributed by atoms with E-state index in [1.54, 1.807) is 13.0 Å². The minimum atomic E-state index is -0.836. The molecule has 1 aromatic carbocycles. The van der Waals surface area contributed by atoms with E-state index < -0.39 is 11.9 Å². The molecule has 0 aliphatic carbocycles. The van der Waals surface area contributed by atoms with E-state index in [1.807, 2.05) is 12.1 Å². The van der Waals surface area contributed by atoms with E-state index in [0.29, 0.717) is 5.02 Å². The molecular weight excluding hydrogens is 238 g/mol. The lowest BCUT2D eigenvalue weighted by Gasteiger charge is -2.20. The number of anilines is 1. The molecule has 1 heterocycles. The van der Waals surface area contributed by atoms with Gasteiger partial charge in [0.25, 0.3) is 0 Å². The number of hydrogen-bond acceptors (Lipinski definition) is 2. The third-order valence-electron chi connectivity index (χ3n) is 3.00. The van der Waals surface area contributed by atoms with Gasteiger partial charge in [0.15, 0.2) is 0 Å². The molecule has 0 amide bonds. The number of carboxylic acid groups (broad SMARTS) is 1.